The Balaban J connectivity index is 1.72. The average molecular weight is 304 g/mol. The SMILES string of the molecule is C[C@@H]1CCCC[C@@H]1NC(=O)c1ccc2c(c1)NC(=O)CS2. The zero-order valence-corrected chi connectivity index (χ0v) is 13.0. The molecule has 1 aromatic rings. The van der Waals surface area contributed by atoms with Gasteiger partial charge >= 0.3 is 0 Å². The summed E-state index contributed by atoms with van der Waals surface area (Å²) >= 11 is 1.51. The second-order valence-electron chi connectivity index (χ2n) is 5.89. The molecular weight excluding hydrogens is 284 g/mol. The summed E-state index contributed by atoms with van der Waals surface area (Å²) in [7, 11) is 0. The van der Waals surface area contributed by atoms with E-state index >= 15 is 0 Å². The second-order valence-corrected chi connectivity index (χ2v) is 6.91. The van der Waals surface area contributed by atoms with Crippen molar-refractivity contribution in [3.63, 3.8) is 0 Å². The number of carbonyl (C=O) groups is 2. The quantitative estimate of drug-likeness (QED) is 0.883. The summed E-state index contributed by atoms with van der Waals surface area (Å²) < 4.78 is 0. The van der Waals surface area contributed by atoms with Crippen LogP contribution in [-0.2, 0) is 4.79 Å². The van der Waals surface area contributed by atoms with Crippen molar-refractivity contribution in [3.8, 4) is 0 Å². The smallest absolute Gasteiger partial charge is 0.251 e. The molecule has 0 radical (unpaired) electrons. The summed E-state index contributed by atoms with van der Waals surface area (Å²) in [6.07, 6.45) is 4.69. The Morgan fingerprint density at radius 3 is 2.95 bits per heavy atom. The van der Waals surface area contributed by atoms with Crippen molar-refractivity contribution in [1.29, 1.82) is 0 Å². The number of carbonyl (C=O) groups excluding carboxylic acids is 2. The van der Waals surface area contributed by atoms with E-state index in [0.717, 1.165) is 17.0 Å². The fourth-order valence-electron chi connectivity index (χ4n) is 3.01. The van der Waals surface area contributed by atoms with Gasteiger partial charge in [-0.05, 0) is 37.0 Å². The Labute approximate surface area is 129 Å². The van der Waals surface area contributed by atoms with Crippen LogP contribution in [0.1, 0.15) is 43.0 Å². The molecule has 0 spiro atoms. The Morgan fingerprint density at radius 1 is 1.33 bits per heavy atom. The number of nitrogens with one attached hydrogen (secondary N) is 2. The average Bonchev–Trinajstić information content (AvgIpc) is 2.48. The van der Waals surface area contributed by atoms with E-state index in [1.165, 1.54) is 31.0 Å². The molecule has 1 aromatic carbocycles. The molecule has 4 nitrogen and oxygen atoms in total. The third-order valence-electron chi connectivity index (χ3n) is 4.30. The van der Waals surface area contributed by atoms with Gasteiger partial charge in [0.05, 0.1) is 11.4 Å². The lowest BCUT2D eigenvalue weighted by Gasteiger charge is -2.29. The summed E-state index contributed by atoms with van der Waals surface area (Å²) in [4.78, 5) is 24.9. The molecule has 21 heavy (non-hydrogen) atoms. The summed E-state index contributed by atoms with van der Waals surface area (Å²) in [5.41, 5.74) is 1.37. The van der Waals surface area contributed by atoms with Crippen LogP contribution in [0, 0.1) is 5.92 Å². The Kier molecular flexibility index (Phi) is 4.19. The van der Waals surface area contributed by atoms with Crippen LogP contribution in [0.5, 0.6) is 0 Å². The highest BCUT2D eigenvalue weighted by Gasteiger charge is 2.24. The molecule has 1 heterocycles. The van der Waals surface area contributed by atoms with E-state index in [1.54, 1.807) is 6.07 Å². The van der Waals surface area contributed by atoms with Crippen molar-refractivity contribution in [2.24, 2.45) is 5.92 Å². The Morgan fingerprint density at radius 2 is 2.14 bits per heavy atom. The van der Waals surface area contributed by atoms with E-state index in [0.29, 0.717) is 17.2 Å². The minimum absolute atomic E-state index is 0.00837. The normalized spacial score (nSPS) is 24.9. The molecule has 2 N–H and O–H groups in total. The van der Waals surface area contributed by atoms with Gasteiger partial charge in [-0.2, -0.15) is 0 Å². The molecule has 0 saturated heterocycles. The number of hydrogen-bond donors (Lipinski definition) is 2. The van der Waals surface area contributed by atoms with Crippen LogP contribution in [0.2, 0.25) is 0 Å². The monoisotopic (exact) mass is 304 g/mol. The van der Waals surface area contributed by atoms with Gasteiger partial charge in [-0.1, -0.05) is 19.8 Å². The van der Waals surface area contributed by atoms with E-state index in [4.69, 9.17) is 0 Å². The minimum Gasteiger partial charge on any atom is -0.349 e. The first-order chi connectivity index (χ1) is 10.1. The predicted octanol–water partition coefficient (Wildman–Crippen LogP) is 3.04. The first-order valence-corrected chi connectivity index (χ1v) is 8.49. The van der Waals surface area contributed by atoms with Crippen molar-refractivity contribution in [3.05, 3.63) is 23.8 Å². The van der Waals surface area contributed by atoms with Gasteiger partial charge in [0.2, 0.25) is 5.91 Å². The molecule has 1 fully saturated rings. The zero-order valence-electron chi connectivity index (χ0n) is 12.1. The molecule has 0 bridgehead atoms. The molecule has 2 aliphatic rings. The van der Waals surface area contributed by atoms with Crippen molar-refractivity contribution in [2.75, 3.05) is 11.1 Å². The van der Waals surface area contributed by atoms with E-state index in [1.807, 2.05) is 12.1 Å². The molecule has 3 rings (SSSR count). The summed E-state index contributed by atoms with van der Waals surface area (Å²) in [5.74, 6) is 0.931. The van der Waals surface area contributed by atoms with Gasteiger partial charge in [0, 0.05) is 16.5 Å². The van der Waals surface area contributed by atoms with Crippen LogP contribution in [0.15, 0.2) is 23.1 Å². The van der Waals surface area contributed by atoms with Gasteiger partial charge in [0.15, 0.2) is 0 Å². The largest absolute Gasteiger partial charge is 0.349 e. The highest BCUT2D eigenvalue weighted by molar-refractivity contribution is 8.00. The minimum atomic E-state index is -0.0404. The van der Waals surface area contributed by atoms with Gasteiger partial charge in [0.25, 0.3) is 5.91 Å². The molecule has 2 atom stereocenters. The predicted molar refractivity (Wildman–Crippen MR) is 84.7 cm³/mol. The van der Waals surface area contributed by atoms with Crippen LogP contribution >= 0.6 is 11.8 Å². The maximum Gasteiger partial charge on any atom is 0.251 e. The standard InChI is InChI=1S/C16H20N2O2S/c1-10-4-2-3-5-12(10)18-16(20)11-6-7-14-13(8-11)17-15(19)9-21-14/h6-8,10,12H,2-5,9H2,1H3,(H,17,19)(H,18,20)/t10-,12+/m1/s1. The number of hydrogen-bond acceptors (Lipinski definition) is 3. The van der Waals surface area contributed by atoms with Gasteiger partial charge in [0.1, 0.15) is 0 Å². The van der Waals surface area contributed by atoms with Crippen molar-refractivity contribution in [1.82, 2.24) is 5.32 Å². The van der Waals surface area contributed by atoms with Crippen molar-refractivity contribution < 1.29 is 9.59 Å². The highest BCUT2D eigenvalue weighted by Crippen LogP contribution is 2.32. The van der Waals surface area contributed by atoms with E-state index < -0.39 is 0 Å². The fourth-order valence-corrected chi connectivity index (χ4v) is 3.80. The number of thioether (sulfide) groups is 1. The van der Waals surface area contributed by atoms with Gasteiger partial charge in [-0.15, -0.1) is 11.8 Å². The molecule has 0 aromatic heterocycles. The van der Waals surface area contributed by atoms with Crippen LogP contribution < -0.4 is 10.6 Å². The third kappa shape index (κ3) is 3.23. The molecule has 1 saturated carbocycles. The maximum absolute atomic E-state index is 12.4. The van der Waals surface area contributed by atoms with Crippen LogP contribution in [-0.4, -0.2) is 23.6 Å². The second kappa shape index (κ2) is 6.10. The molecular formula is C16H20N2O2S. The number of anilines is 1. The first kappa shape index (κ1) is 14.4. The number of rotatable bonds is 2. The van der Waals surface area contributed by atoms with Gasteiger partial charge in [-0.3, -0.25) is 9.59 Å². The van der Waals surface area contributed by atoms with Gasteiger partial charge in [-0.25, -0.2) is 0 Å². The fraction of sp³-hybridized carbons (Fsp3) is 0.500. The lowest BCUT2D eigenvalue weighted by Crippen LogP contribution is -2.41. The number of amides is 2. The van der Waals surface area contributed by atoms with Crippen LogP contribution in [0.3, 0.4) is 0 Å². The summed E-state index contributed by atoms with van der Waals surface area (Å²) in [6, 6.07) is 5.80. The van der Waals surface area contributed by atoms with Crippen LogP contribution in [0.25, 0.3) is 0 Å². The molecule has 5 heteroatoms. The van der Waals surface area contributed by atoms with Crippen molar-refractivity contribution in [2.45, 2.75) is 43.5 Å². The molecule has 1 aliphatic heterocycles. The lowest BCUT2D eigenvalue weighted by molar-refractivity contribution is -0.113. The van der Waals surface area contributed by atoms with Gasteiger partial charge < -0.3 is 10.6 Å². The van der Waals surface area contributed by atoms with E-state index in [-0.39, 0.29) is 17.9 Å². The topological polar surface area (TPSA) is 58.2 Å². The summed E-state index contributed by atoms with van der Waals surface area (Å²) in [5, 5.41) is 5.97. The lowest BCUT2D eigenvalue weighted by atomic mass is 9.86. The number of benzene rings is 1. The highest BCUT2D eigenvalue weighted by atomic mass is 32.2. The Hall–Kier alpha value is -1.49. The van der Waals surface area contributed by atoms with Crippen molar-refractivity contribution >= 4 is 29.3 Å². The first-order valence-electron chi connectivity index (χ1n) is 7.51. The van der Waals surface area contributed by atoms with E-state index in [9.17, 15) is 9.59 Å². The molecule has 2 amide bonds. The zero-order chi connectivity index (χ0) is 14.8. The van der Waals surface area contributed by atoms with E-state index in [2.05, 4.69) is 17.6 Å². The Bertz CT molecular complexity index is 573. The van der Waals surface area contributed by atoms with Crippen LogP contribution in [0.4, 0.5) is 5.69 Å². The molecule has 0 unspecified atom stereocenters. The molecule has 112 valence electrons. The number of fused-ring (bicyclic) bond motifs is 1. The summed E-state index contributed by atoms with van der Waals surface area (Å²) in [6.45, 7) is 2.20. The third-order valence-corrected chi connectivity index (χ3v) is 5.38. The molecule has 1 aliphatic carbocycles. The maximum atomic E-state index is 12.4.